The number of methoxy groups -OCH3 is 1. The second-order valence-electron chi connectivity index (χ2n) is 9.10. The lowest BCUT2D eigenvalue weighted by Crippen LogP contribution is -2.49. The van der Waals surface area contributed by atoms with Gasteiger partial charge in [0.25, 0.3) is 5.69 Å². The van der Waals surface area contributed by atoms with Gasteiger partial charge in [-0.05, 0) is 37.1 Å². The molecule has 5 rings (SSSR count). The molecule has 0 saturated carbocycles. The van der Waals surface area contributed by atoms with Crippen LogP contribution in [0.4, 0.5) is 11.4 Å². The number of carbonyl (C=O) groups is 3. The molecular formula is C26H25N3O6. The Morgan fingerprint density at radius 1 is 1.06 bits per heavy atom. The van der Waals surface area contributed by atoms with Crippen LogP contribution in [-0.4, -0.2) is 59.8 Å². The molecule has 2 aromatic carbocycles. The minimum absolute atomic E-state index is 0.123. The van der Waals surface area contributed by atoms with E-state index in [2.05, 4.69) is 0 Å². The first-order chi connectivity index (χ1) is 16.8. The number of amides is 2. The van der Waals surface area contributed by atoms with Gasteiger partial charge in [-0.2, -0.15) is 0 Å². The Kier molecular flexibility index (Phi) is 5.72. The lowest BCUT2D eigenvalue weighted by Gasteiger charge is -2.38. The zero-order chi connectivity index (χ0) is 24.9. The van der Waals surface area contributed by atoms with Gasteiger partial charge in [0.15, 0.2) is 5.78 Å². The number of non-ortho nitro benzene ring substituents is 1. The summed E-state index contributed by atoms with van der Waals surface area (Å²) in [6, 6.07) is 11.7. The van der Waals surface area contributed by atoms with Crippen molar-refractivity contribution in [3.63, 3.8) is 0 Å². The van der Waals surface area contributed by atoms with Gasteiger partial charge in [-0.1, -0.05) is 24.3 Å². The number of benzene rings is 2. The fourth-order valence-corrected chi connectivity index (χ4v) is 5.66. The fraction of sp³-hybridized carbons (Fsp3) is 0.346. The number of Topliss-reactive ketones (excluding diaryl/α,β-unsaturated/α-hetero) is 1. The second kappa shape index (κ2) is 8.74. The Balaban J connectivity index is 1.59. The summed E-state index contributed by atoms with van der Waals surface area (Å²) >= 11 is 0. The summed E-state index contributed by atoms with van der Waals surface area (Å²) in [5.41, 5.74) is 2.88. The topological polar surface area (TPSA) is 110 Å². The molecule has 0 unspecified atom stereocenters. The number of hydrogen-bond donors (Lipinski definition) is 0. The van der Waals surface area contributed by atoms with Crippen molar-refractivity contribution in [2.75, 3.05) is 25.2 Å². The molecular weight excluding hydrogens is 450 g/mol. The number of allylic oxidation sites excluding steroid dienone is 1. The Labute approximate surface area is 202 Å². The average molecular weight is 476 g/mol. The zero-order valence-corrected chi connectivity index (χ0v) is 19.4. The molecule has 180 valence electrons. The Morgan fingerprint density at radius 3 is 2.43 bits per heavy atom. The lowest BCUT2D eigenvalue weighted by atomic mass is 9.85. The molecule has 0 aliphatic carbocycles. The monoisotopic (exact) mass is 475 g/mol. The molecule has 0 spiro atoms. The lowest BCUT2D eigenvalue weighted by molar-refractivity contribution is -0.384. The molecule has 35 heavy (non-hydrogen) atoms. The molecule has 2 fully saturated rings. The van der Waals surface area contributed by atoms with Crippen LogP contribution in [0.5, 0.6) is 0 Å². The van der Waals surface area contributed by atoms with Gasteiger partial charge >= 0.3 is 0 Å². The fourth-order valence-electron chi connectivity index (χ4n) is 5.66. The SMILES string of the molecule is COCCCN1C(=O)[C@@H]2[C@H](C1=O)[C@H](C(=O)c1ccc([N+](=O)[O-])cc1)N1c3ccccc3C(C)=C[C@@H]21. The Bertz CT molecular complexity index is 1250. The molecule has 2 aromatic rings. The molecule has 0 aromatic heterocycles. The molecule has 0 N–H and O–H groups in total. The largest absolute Gasteiger partial charge is 0.385 e. The molecule has 3 aliphatic rings. The number of likely N-dealkylation sites (tertiary alicyclic amines) is 1. The van der Waals surface area contributed by atoms with Crippen molar-refractivity contribution < 1.29 is 24.0 Å². The molecule has 2 saturated heterocycles. The number of nitro benzene ring substituents is 1. The summed E-state index contributed by atoms with van der Waals surface area (Å²) in [5.74, 6) is -2.48. The zero-order valence-electron chi connectivity index (χ0n) is 19.4. The van der Waals surface area contributed by atoms with Crippen molar-refractivity contribution >= 4 is 34.5 Å². The number of anilines is 1. The van der Waals surface area contributed by atoms with Gasteiger partial charge in [-0.3, -0.25) is 29.4 Å². The number of hydrogen-bond acceptors (Lipinski definition) is 7. The van der Waals surface area contributed by atoms with E-state index in [0.717, 1.165) is 16.8 Å². The number of nitrogens with zero attached hydrogens (tertiary/aromatic N) is 3. The van der Waals surface area contributed by atoms with E-state index in [9.17, 15) is 24.5 Å². The van der Waals surface area contributed by atoms with Gasteiger partial charge in [-0.25, -0.2) is 0 Å². The smallest absolute Gasteiger partial charge is 0.269 e. The van der Waals surface area contributed by atoms with Crippen LogP contribution in [0.1, 0.15) is 29.3 Å². The first-order valence-corrected chi connectivity index (χ1v) is 11.5. The molecule has 3 aliphatic heterocycles. The van der Waals surface area contributed by atoms with Gasteiger partial charge in [-0.15, -0.1) is 0 Å². The summed E-state index contributed by atoms with van der Waals surface area (Å²) in [7, 11) is 1.56. The molecule has 9 heteroatoms. The van der Waals surface area contributed by atoms with E-state index in [1.807, 2.05) is 42.2 Å². The van der Waals surface area contributed by atoms with Crippen molar-refractivity contribution in [3.8, 4) is 0 Å². The predicted molar refractivity (Wildman–Crippen MR) is 128 cm³/mol. The van der Waals surface area contributed by atoms with Gasteiger partial charge in [0.05, 0.1) is 22.8 Å². The number of imide groups is 1. The first kappa shape index (κ1) is 22.9. The van der Waals surface area contributed by atoms with E-state index >= 15 is 0 Å². The highest BCUT2D eigenvalue weighted by Gasteiger charge is 2.64. The van der Waals surface area contributed by atoms with E-state index in [1.54, 1.807) is 7.11 Å². The normalized spacial score (nSPS) is 24.7. The summed E-state index contributed by atoms with van der Waals surface area (Å²) in [6.07, 6.45) is 2.49. The number of ketones is 1. The summed E-state index contributed by atoms with van der Waals surface area (Å²) in [6.45, 7) is 2.62. The maximum atomic E-state index is 13.9. The molecule has 0 bridgehead atoms. The number of carbonyl (C=O) groups excluding carboxylic acids is 3. The van der Waals surface area contributed by atoms with Crippen molar-refractivity contribution in [2.24, 2.45) is 11.8 Å². The quantitative estimate of drug-likeness (QED) is 0.199. The Hall–Kier alpha value is -3.85. The van der Waals surface area contributed by atoms with E-state index in [1.165, 1.54) is 29.2 Å². The van der Waals surface area contributed by atoms with E-state index in [4.69, 9.17) is 4.74 Å². The third-order valence-corrected chi connectivity index (χ3v) is 7.21. The first-order valence-electron chi connectivity index (χ1n) is 11.5. The number of rotatable bonds is 7. The maximum absolute atomic E-state index is 13.9. The van der Waals surface area contributed by atoms with Gasteiger partial charge in [0, 0.05) is 49.2 Å². The number of fused-ring (bicyclic) bond motifs is 5. The van der Waals surface area contributed by atoms with Crippen LogP contribution in [0, 0.1) is 22.0 Å². The average Bonchev–Trinajstić information content (AvgIpc) is 3.32. The molecule has 9 nitrogen and oxygen atoms in total. The minimum atomic E-state index is -0.902. The molecule has 0 radical (unpaired) electrons. The predicted octanol–water partition coefficient (Wildman–Crippen LogP) is 3.09. The van der Waals surface area contributed by atoms with E-state index < -0.39 is 28.8 Å². The van der Waals surface area contributed by atoms with Gasteiger partial charge in [0.1, 0.15) is 6.04 Å². The van der Waals surface area contributed by atoms with Crippen molar-refractivity contribution in [2.45, 2.75) is 25.4 Å². The highest BCUT2D eigenvalue weighted by molar-refractivity contribution is 6.14. The molecule has 4 atom stereocenters. The minimum Gasteiger partial charge on any atom is -0.385 e. The summed E-state index contributed by atoms with van der Waals surface area (Å²) in [4.78, 5) is 54.7. The van der Waals surface area contributed by atoms with Gasteiger partial charge < -0.3 is 9.64 Å². The summed E-state index contributed by atoms with van der Waals surface area (Å²) < 4.78 is 5.08. The van der Waals surface area contributed by atoms with E-state index in [0.29, 0.717) is 13.0 Å². The van der Waals surface area contributed by atoms with Crippen LogP contribution >= 0.6 is 0 Å². The van der Waals surface area contributed by atoms with Crippen LogP contribution in [0.25, 0.3) is 5.57 Å². The molecule has 3 heterocycles. The second-order valence-corrected chi connectivity index (χ2v) is 9.10. The van der Waals surface area contributed by atoms with E-state index in [-0.39, 0.29) is 35.4 Å². The Morgan fingerprint density at radius 2 is 1.74 bits per heavy atom. The molecule has 2 amide bonds. The van der Waals surface area contributed by atoms with Crippen molar-refractivity contribution in [3.05, 3.63) is 75.8 Å². The standard InChI is InChI=1S/C26H25N3O6/c1-15-14-20-21-22(26(32)27(25(21)31)12-5-13-35-2)23(28(20)19-7-4-3-6-18(15)19)24(30)16-8-10-17(11-9-16)29(33)34/h3-4,6-11,14,20-23H,5,12-13H2,1-2H3/t20-,21-,22-,23+/m0/s1. The van der Waals surface area contributed by atoms with Crippen molar-refractivity contribution in [1.29, 1.82) is 0 Å². The highest BCUT2D eigenvalue weighted by Crippen LogP contribution is 2.50. The third kappa shape index (κ3) is 3.54. The van der Waals surface area contributed by atoms with Crippen LogP contribution in [-0.2, 0) is 14.3 Å². The van der Waals surface area contributed by atoms with Crippen LogP contribution in [0.2, 0.25) is 0 Å². The summed E-state index contributed by atoms with van der Waals surface area (Å²) in [5, 5.41) is 11.1. The van der Waals surface area contributed by atoms with Crippen molar-refractivity contribution in [1.82, 2.24) is 4.90 Å². The number of para-hydroxylation sites is 1. The van der Waals surface area contributed by atoms with Gasteiger partial charge in [0.2, 0.25) is 11.8 Å². The van der Waals surface area contributed by atoms with Crippen LogP contribution in [0.3, 0.4) is 0 Å². The third-order valence-electron chi connectivity index (χ3n) is 7.21. The van der Waals surface area contributed by atoms with Crippen LogP contribution in [0.15, 0.2) is 54.6 Å². The number of nitro groups is 1. The number of ether oxygens (including phenoxy) is 1. The highest BCUT2D eigenvalue weighted by atomic mass is 16.6. The maximum Gasteiger partial charge on any atom is 0.269 e. The van der Waals surface area contributed by atoms with Crippen LogP contribution < -0.4 is 4.90 Å².